The molecule has 4 nitrogen and oxygen atoms in total. The summed E-state index contributed by atoms with van der Waals surface area (Å²) in [5, 5.41) is 2.96. The number of ether oxygens (including phenoxy) is 1. The lowest BCUT2D eigenvalue weighted by Crippen LogP contribution is -2.42. The average molecular weight is 214 g/mol. The Kier molecular flexibility index (Phi) is 4.54. The number of hydrogen-bond acceptors (Lipinski definition) is 3. The van der Waals surface area contributed by atoms with Gasteiger partial charge in [-0.1, -0.05) is 13.8 Å². The molecule has 0 aromatic heterocycles. The van der Waals surface area contributed by atoms with Gasteiger partial charge < -0.3 is 15.8 Å². The van der Waals surface area contributed by atoms with Gasteiger partial charge in [-0.3, -0.25) is 4.79 Å². The standard InChI is InChI=1S/C11H22N2O2/c1-7(2)8(3)13-11(14)10-5-4-9(6-12)15-10/h7-10H,4-6,12H2,1-3H3,(H,13,14). The zero-order valence-corrected chi connectivity index (χ0v) is 9.82. The van der Waals surface area contributed by atoms with Crippen LogP contribution in [-0.4, -0.2) is 30.7 Å². The van der Waals surface area contributed by atoms with E-state index >= 15 is 0 Å². The Morgan fingerprint density at radius 2 is 2.13 bits per heavy atom. The van der Waals surface area contributed by atoms with Crippen molar-refractivity contribution in [3.8, 4) is 0 Å². The lowest BCUT2D eigenvalue weighted by molar-refractivity contribution is -0.132. The summed E-state index contributed by atoms with van der Waals surface area (Å²) in [5.41, 5.74) is 5.49. The molecule has 15 heavy (non-hydrogen) atoms. The highest BCUT2D eigenvalue weighted by atomic mass is 16.5. The highest BCUT2D eigenvalue weighted by molar-refractivity contribution is 5.81. The van der Waals surface area contributed by atoms with E-state index in [0.29, 0.717) is 12.5 Å². The molecule has 3 unspecified atom stereocenters. The molecular formula is C11H22N2O2. The molecule has 3 atom stereocenters. The van der Waals surface area contributed by atoms with Gasteiger partial charge in [-0.2, -0.15) is 0 Å². The summed E-state index contributed by atoms with van der Waals surface area (Å²) in [7, 11) is 0. The van der Waals surface area contributed by atoms with Crippen LogP contribution in [0.2, 0.25) is 0 Å². The lowest BCUT2D eigenvalue weighted by atomic mass is 10.1. The number of carbonyl (C=O) groups excluding carboxylic acids is 1. The summed E-state index contributed by atoms with van der Waals surface area (Å²) < 4.78 is 5.52. The molecule has 4 heteroatoms. The fraction of sp³-hybridized carbons (Fsp3) is 0.909. The van der Waals surface area contributed by atoms with Crippen LogP contribution in [-0.2, 0) is 9.53 Å². The molecule has 1 aliphatic heterocycles. The highest BCUT2D eigenvalue weighted by Crippen LogP contribution is 2.19. The van der Waals surface area contributed by atoms with Crippen LogP contribution >= 0.6 is 0 Å². The fourth-order valence-corrected chi connectivity index (χ4v) is 1.56. The van der Waals surface area contributed by atoms with Crippen LogP contribution in [0.25, 0.3) is 0 Å². The number of rotatable bonds is 4. The van der Waals surface area contributed by atoms with Crippen molar-refractivity contribution in [2.45, 2.75) is 51.9 Å². The van der Waals surface area contributed by atoms with E-state index in [4.69, 9.17) is 10.5 Å². The molecule has 0 bridgehead atoms. The van der Waals surface area contributed by atoms with Crippen LogP contribution in [0.3, 0.4) is 0 Å². The van der Waals surface area contributed by atoms with Gasteiger partial charge in [0.05, 0.1) is 6.10 Å². The number of nitrogens with one attached hydrogen (secondary N) is 1. The Balaban J connectivity index is 2.35. The van der Waals surface area contributed by atoms with Gasteiger partial charge >= 0.3 is 0 Å². The third-order valence-corrected chi connectivity index (χ3v) is 3.03. The van der Waals surface area contributed by atoms with Gasteiger partial charge in [0.15, 0.2) is 0 Å². The lowest BCUT2D eigenvalue weighted by Gasteiger charge is -2.20. The summed E-state index contributed by atoms with van der Waals surface area (Å²) in [5.74, 6) is 0.452. The van der Waals surface area contributed by atoms with Crippen molar-refractivity contribution in [2.75, 3.05) is 6.54 Å². The summed E-state index contributed by atoms with van der Waals surface area (Å²) in [6.07, 6.45) is 1.46. The van der Waals surface area contributed by atoms with Crippen LogP contribution in [0, 0.1) is 5.92 Å². The third-order valence-electron chi connectivity index (χ3n) is 3.03. The van der Waals surface area contributed by atoms with E-state index < -0.39 is 0 Å². The van der Waals surface area contributed by atoms with Gasteiger partial charge in [-0.15, -0.1) is 0 Å². The molecule has 3 N–H and O–H groups in total. The van der Waals surface area contributed by atoms with E-state index in [1.165, 1.54) is 0 Å². The molecule has 1 heterocycles. The van der Waals surface area contributed by atoms with Crippen molar-refractivity contribution >= 4 is 5.91 Å². The van der Waals surface area contributed by atoms with Crippen LogP contribution in [0.15, 0.2) is 0 Å². The SMILES string of the molecule is CC(C)C(C)NC(=O)C1CCC(CN)O1. The molecule has 1 saturated heterocycles. The van der Waals surface area contributed by atoms with E-state index in [0.717, 1.165) is 12.8 Å². The zero-order valence-electron chi connectivity index (χ0n) is 9.82. The number of nitrogens with two attached hydrogens (primary N) is 1. The number of amides is 1. The molecule has 1 amide bonds. The van der Waals surface area contributed by atoms with Gasteiger partial charge in [-0.05, 0) is 25.7 Å². The summed E-state index contributed by atoms with van der Waals surface area (Å²) >= 11 is 0. The summed E-state index contributed by atoms with van der Waals surface area (Å²) in [6.45, 7) is 6.69. The van der Waals surface area contributed by atoms with E-state index in [9.17, 15) is 4.79 Å². The Morgan fingerprint density at radius 3 is 2.60 bits per heavy atom. The largest absolute Gasteiger partial charge is 0.364 e. The highest BCUT2D eigenvalue weighted by Gasteiger charge is 2.30. The maximum Gasteiger partial charge on any atom is 0.249 e. The summed E-state index contributed by atoms with van der Waals surface area (Å²) in [4.78, 5) is 11.7. The van der Waals surface area contributed by atoms with Crippen molar-refractivity contribution < 1.29 is 9.53 Å². The molecule has 0 aromatic carbocycles. The first-order chi connectivity index (χ1) is 7.04. The quantitative estimate of drug-likeness (QED) is 0.722. The summed E-state index contributed by atoms with van der Waals surface area (Å²) in [6, 6.07) is 0.193. The predicted molar refractivity (Wildman–Crippen MR) is 59.4 cm³/mol. The van der Waals surface area contributed by atoms with Gasteiger partial charge in [0.1, 0.15) is 6.10 Å². The molecule has 1 fully saturated rings. The molecule has 88 valence electrons. The fourth-order valence-electron chi connectivity index (χ4n) is 1.56. The first-order valence-electron chi connectivity index (χ1n) is 5.70. The van der Waals surface area contributed by atoms with Crippen molar-refractivity contribution in [1.29, 1.82) is 0 Å². The van der Waals surface area contributed by atoms with E-state index in [-0.39, 0.29) is 24.2 Å². The first kappa shape index (κ1) is 12.5. The topological polar surface area (TPSA) is 64.4 Å². The van der Waals surface area contributed by atoms with Crippen molar-refractivity contribution in [1.82, 2.24) is 5.32 Å². The van der Waals surface area contributed by atoms with Crippen molar-refractivity contribution in [2.24, 2.45) is 11.7 Å². The minimum atomic E-state index is -0.292. The molecule has 0 saturated carbocycles. The van der Waals surface area contributed by atoms with Gasteiger partial charge in [-0.25, -0.2) is 0 Å². The van der Waals surface area contributed by atoms with Crippen molar-refractivity contribution in [3.05, 3.63) is 0 Å². The Morgan fingerprint density at radius 1 is 1.47 bits per heavy atom. The third kappa shape index (κ3) is 3.47. The predicted octanol–water partition coefficient (Wildman–Crippen LogP) is 0.653. The second-order valence-corrected chi connectivity index (χ2v) is 4.60. The second kappa shape index (κ2) is 5.47. The van der Waals surface area contributed by atoms with E-state index in [1.807, 2.05) is 6.92 Å². The Hall–Kier alpha value is -0.610. The second-order valence-electron chi connectivity index (χ2n) is 4.60. The normalized spacial score (nSPS) is 28.1. The molecule has 0 aromatic rings. The van der Waals surface area contributed by atoms with Gasteiger partial charge in [0.2, 0.25) is 5.91 Å². The van der Waals surface area contributed by atoms with Gasteiger partial charge in [0, 0.05) is 12.6 Å². The maximum atomic E-state index is 11.7. The molecule has 1 aliphatic rings. The van der Waals surface area contributed by atoms with Crippen LogP contribution in [0.5, 0.6) is 0 Å². The smallest absolute Gasteiger partial charge is 0.249 e. The number of hydrogen-bond donors (Lipinski definition) is 2. The monoisotopic (exact) mass is 214 g/mol. The molecular weight excluding hydrogens is 192 g/mol. The molecule has 0 radical (unpaired) electrons. The molecule has 0 spiro atoms. The molecule has 1 rings (SSSR count). The maximum absolute atomic E-state index is 11.7. The zero-order chi connectivity index (χ0) is 11.4. The van der Waals surface area contributed by atoms with Crippen LogP contribution in [0.1, 0.15) is 33.6 Å². The van der Waals surface area contributed by atoms with Crippen LogP contribution in [0.4, 0.5) is 0 Å². The minimum absolute atomic E-state index is 0.00662. The minimum Gasteiger partial charge on any atom is -0.364 e. The van der Waals surface area contributed by atoms with E-state index in [1.54, 1.807) is 0 Å². The van der Waals surface area contributed by atoms with Crippen molar-refractivity contribution in [3.63, 3.8) is 0 Å². The van der Waals surface area contributed by atoms with Crippen LogP contribution < -0.4 is 11.1 Å². The van der Waals surface area contributed by atoms with Gasteiger partial charge in [0.25, 0.3) is 0 Å². The Bertz CT molecular complexity index is 219. The van der Waals surface area contributed by atoms with E-state index in [2.05, 4.69) is 19.2 Å². The first-order valence-corrected chi connectivity index (χ1v) is 5.70. The number of carbonyl (C=O) groups is 1. The molecule has 0 aliphatic carbocycles. The Labute approximate surface area is 91.5 Å². The average Bonchev–Trinajstić information content (AvgIpc) is 2.65.